The fraction of sp³-hybridized carbons (Fsp3) is 0.115. The Hall–Kier alpha value is -3.97. The number of halogens is 2. The zero-order valence-corrected chi connectivity index (χ0v) is 19.2. The van der Waals surface area contributed by atoms with Gasteiger partial charge in [0, 0.05) is 11.1 Å². The Labute approximate surface area is 200 Å². The normalized spacial score (nSPS) is 14.4. The molecule has 8 heteroatoms. The smallest absolute Gasteiger partial charge is 0.283 e. The van der Waals surface area contributed by atoms with Gasteiger partial charge in [-0.05, 0) is 48.9 Å². The number of carbonyl (C=O) groups excluding carboxylic acids is 2. The van der Waals surface area contributed by atoms with E-state index in [1.54, 1.807) is 73.7 Å². The predicted octanol–water partition coefficient (Wildman–Crippen LogP) is 5.51. The Morgan fingerprint density at radius 1 is 1.12 bits per heavy atom. The minimum absolute atomic E-state index is 0.0377. The van der Waals surface area contributed by atoms with Crippen LogP contribution in [-0.2, 0) is 11.4 Å². The Morgan fingerprint density at radius 3 is 2.53 bits per heavy atom. The summed E-state index contributed by atoms with van der Waals surface area (Å²) in [6.07, 6.45) is 1.58. The van der Waals surface area contributed by atoms with Crippen LogP contribution in [0.3, 0.4) is 0 Å². The van der Waals surface area contributed by atoms with Gasteiger partial charge in [-0.15, -0.1) is 0 Å². The molecule has 3 aromatic rings. The molecular formula is C26H20ClFN2O4. The molecule has 0 radical (unpaired) electrons. The monoisotopic (exact) mass is 478 g/mol. The van der Waals surface area contributed by atoms with E-state index in [-0.39, 0.29) is 28.8 Å². The Morgan fingerprint density at radius 2 is 1.82 bits per heavy atom. The van der Waals surface area contributed by atoms with Crippen molar-refractivity contribution in [2.45, 2.75) is 13.5 Å². The number of hydrazone groups is 1. The third-order valence-corrected chi connectivity index (χ3v) is 5.45. The van der Waals surface area contributed by atoms with Crippen molar-refractivity contribution in [2.24, 2.45) is 5.10 Å². The number of hydrogen-bond donors (Lipinski definition) is 0. The van der Waals surface area contributed by atoms with E-state index in [9.17, 15) is 14.0 Å². The summed E-state index contributed by atoms with van der Waals surface area (Å²) in [4.78, 5) is 25.6. The summed E-state index contributed by atoms with van der Waals surface area (Å²) < 4.78 is 25.1. The van der Waals surface area contributed by atoms with Gasteiger partial charge in [0.15, 0.2) is 11.5 Å². The lowest BCUT2D eigenvalue weighted by Crippen LogP contribution is -2.29. The summed E-state index contributed by atoms with van der Waals surface area (Å²) >= 11 is 6.43. The number of benzene rings is 3. The molecule has 1 aliphatic heterocycles. The third kappa shape index (κ3) is 4.70. The van der Waals surface area contributed by atoms with E-state index >= 15 is 0 Å². The molecule has 0 aliphatic carbocycles. The van der Waals surface area contributed by atoms with E-state index in [1.807, 2.05) is 0 Å². The van der Waals surface area contributed by atoms with E-state index < -0.39 is 11.8 Å². The Bertz CT molecular complexity index is 1320. The molecule has 1 heterocycles. The van der Waals surface area contributed by atoms with Gasteiger partial charge in [0.2, 0.25) is 0 Å². The minimum atomic E-state index is -0.540. The topological polar surface area (TPSA) is 68.2 Å². The number of amides is 2. The summed E-state index contributed by atoms with van der Waals surface area (Å²) in [6, 6.07) is 17.9. The van der Waals surface area contributed by atoms with Crippen LogP contribution in [0.2, 0.25) is 5.02 Å². The van der Waals surface area contributed by atoms with Crippen LogP contribution in [0.1, 0.15) is 28.4 Å². The molecule has 1 aliphatic rings. The van der Waals surface area contributed by atoms with Crippen molar-refractivity contribution in [2.75, 3.05) is 7.11 Å². The van der Waals surface area contributed by atoms with Gasteiger partial charge in [0.1, 0.15) is 12.4 Å². The van der Waals surface area contributed by atoms with Gasteiger partial charge >= 0.3 is 0 Å². The number of methoxy groups -OCH3 is 1. The summed E-state index contributed by atoms with van der Waals surface area (Å²) in [5, 5.41) is 5.21. The van der Waals surface area contributed by atoms with Crippen molar-refractivity contribution in [3.63, 3.8) is 0 Å². The lowest BCUT2D eigenvalue weighted by atomic mass is 10.1. The van der Waals surface area contributed by atoms with Crippen molar-refractivity contribution in [3.8, 4) is 11.5 Å². The first-order valence-electron chi connectivity index (χ1n) is 10.3. The van der Waals surface area contributed by atoms with Crippen molar-refractivity contribution in [3.05, 3.63) is 99.8 Å². The summed E-state index contributed by atoms with van der Waals surface area (Å²) in [5.74, 6) is -0.878. The molecule has 0 unspecified atom stereocenters. The molecule has 0 saturated heterocycles. The maximum absolute atomic E-state index is 13.9. The quantitative estimate of drug-likeness (QED) is 0.346. The average molecular weight is 479 g/mol. The highest BCUT2D eigenvalue weighted by Gasteiger charge is 2.33. The van der Waals surface area contributed by atoms with E-state index in [4.69, 9.17) is 21.1 Å². The van der Waals surface area contributed by atoms with Crippen molar-refractivity contribution >= 4 is 35.2 Å². The summed E-state index contributed by atoms with van der Waals surface area (Å²) in [6.45, 7) is 1.61. The second-order valence-electron chi connectivity index (χ2n) is 7.45. The van der Waals surface area contributed by atoms with Crippen LogP contribution in [0.5, 0.6) is 11.5 Å². The zero-order valence-electron chi connectivity index (χ0n) is 18.4. The molecule has 0 bridgehead atoms. The molecule has 34 heavy (non-hydrogen) atoms. The van der Waals surface area contributed by atoms with E-state index in [0.717, 1.165) is 5.01 Å². The van der Waals surface area contributed by atoms with Crippen molar-refractivity contribution < 1.29 is 23.5 Å². The number of hydrogen-bond acceptors (Lipinski definition) is 5. The van der Waals surface area contributed by atoms with Gasteiger partial charge in [-0.2, -0.15) is 10.1 Å². The van der Waals surface area contributed by atoms with Crippen molar-refractivity contribution in [1.29, 1.82) is 0 Å². The molecule has 0 atom stereocenters. The largest absolute Gasteiger partial charge is 0.493 e. The lowest BCUT2D eigenvalue weighted by Gasteiger charge is -2.14. The summed E-state index contributed by atoms with van der Waals surface area (Å²) in [7, 11) is 1.45. The van der Waals surface area contributed by atoms with Crippen LogP contribution in [0.4, 0.5) is 4.39 Å². The van der Waals surface area contributed by atoms with Crippen LogP contribution in [0.25, 0.3) is 6.08 Å². The highest BCUT2D eigenvalue weighted by atomic mass is 35.5. The van der Waals surface area contributed by atoms with Crippen LogP contribution < -0.4 is 9.47 Å². The van der Waals surface area contributed by atoms with Gasteiger partial charge in [0.25, 0.3) is 11.8 Å². The maximum Gasteiger partial charge on any atom is 0.283 e. The SMILES string of the molecule is COc1cc(/C=C2/C(=O)N(C(=O)c3ccccc3)N=C2C)cc(Cl)c1OCc1ccccc1F. The van der Waals surface area contributed by atoms with Gasteiger partial charge < -0.3 is 9.47 Å². The van der Waals surface area contributed by atoms with Gasteiger partial charge in [-0.3, -0.25) is 9.59 Å². The number of nitrogens with zero attached hydrogens (tertiary/aromatic N) is 2. The molecule has 2 amide bonds. The van der Waals surface area contributed by atoms with Crippen LogP contribution in [0.15, 0.2) is 77.4 Å². The standard InChI is InChI=1S/C26H20ClFN2O4/c1-16-20(26(32)30(29-16)25(31)18-8-4-3-5-9-18)12-17-13-21(27)24(23(14-17)33-2)34-15-19-10-6-7-11-22(19)28/h3-14H,15H2,1-2H3/b20-12+. The lowest BCUT2D eigenvalue weighted by molar-refractivity contribution is -0.123. The number of ether oxygens (including phenoxy) is 2. The molecule has 3 aromatic carbocycles. The van der Waals surface area contributed by atoms with Crippen LogP contribution in [-0.4, -0.2) is 29.6 Å². The van der Waals surface area contributed by atoms with Crippen molar-refractivity contribution in [1.82, 2.24) is 5.01 Å². The molecule has 6 nitrogen and oxygen atoms in total. The van der Waals surface area contributed by atoms with E-state index in [1.165, 1.54) is 13.2 Å². The Balaban J connectivity index is 1.59. The van der Waals surface area contributed by atoms with Gasteiger partial charge in [-0.1, -0.05) is 48.0 Å². The third-order valence-electron chi connectivity index (χ3n) is 5.17. The van der Waals surface area contributed by atoms with Gasteiger partial charge in [0.05, 0.1) is 23.4 Å². The molecule has 4 rings (SSSR count). The second kappa shape index (κ2) is 9.89. The molecule has 0 fully saturated rings. The van der Waals surface area contributed by atoms with E-state index in [0.29, 0.717) is 28.2 Å². The Kier molecular flexibility index (Phi) is 6.75. The molecule has 0 saturated carbocycles. The highest BCUT2D eigenvalue weighted by Crippen LogP contribution is 2.38. The fourth-order valence-corrected chi connectivity index (χ4v) is 3.69. The molecule has 0 spiro atoms. The first-order chi connectivity index (χ1) is 16.4. The van der Waals surface area contributed by atoms with Crippen LogP contribution >= 0.6 is 11.6 Å². The predicted molar refractivity (Wildman–Crippen MR) is 127 cm³/mol. The molecule has 0 N–H and O–H groups in total. The molecule has 172 valence electrons. The maximum atomic E-state index is 13.9. The molecule has 0 aromatic heterocycles. The van der Waals surface area contributed by atoms with Crippen LogP contribution in [0, 0.1) is 5.82 Å². The number of imide groups is 1. The molecular weight excluding hydrogens is 459 g/mol. The zero-order chi connectivity index (χ0) is 24.2. The minimum Gasteiger partial charge on any atom is -0.493 e. The summed E-state index contributed by atoms with van der Waals surface area (Å²) in [5.41, 5.74) is 1.92. The van der Waals surface area contributed by atoms with Gasteiger partial charge in [-0.25, -0.2) is 4.39 Å². The first kappa shape index (κ1) is 23.2. The fourth-order valence-electron chi connectivity index (χ4n) is 3.42. The van der Waals surface area contributed by atoms with E-state index in [2.05, 4.69) is 5.10 Å². The number of carbonyl (C=O) groups is 2. The first-order valence-corrected chi connectivity index (χ1v) is 10.7. The highest BCUT2D eigenvalue weighted by molar-refractivity contribution is 6.33. The average Bonchev–Trinajstić information content (AvgIpc) is 3.12. The number of rotatable bonds is 6. The second-order valence-corrected chi connectivity index (χ2v) is 7.85.